The summed E-state index contributed by atoms with van der Waals surface area (Å²) in [5.41, 5.74) is 2.01. The van der Waals surface area contributed by atoms with Crippen molar-refractivity contribution in [3.63, 3.8) is 0 Å². The first-order valence-corrected chi connectivity index (χ1v) is 9.50. The summed E-state index contributed by atoms with van der Waals surface area (Å²) in [6.45, 7) is 3.72. The van der Waals surface area contributed by atoms with E-state index in [0.717, 1.165) is 16.5 Å². The second kappa shape index (κ2) is 7.90. The van der Waals surface area contributed by atoms with E-state index in [2.05, 4.69) is 20.6 Å². The molecule has 152 valence electrons. The SMILES string of the molecule is CC(C)NC(=O)c1cc(Cn2ncc3ccc(-c4cn[nH]c4)cc3c2=O)ccc1F. The number of nitrogens with zero attached hydrogens (tertiary/aromatic N) is 3. The largest absolute Gasteiger partial charge is 0.350 e. The maximum atomic E-state index is 14.1. The molecule has 30 heavy (non-hydrogen) atoms. The van der Waals surface area contributed by atoms with Crippen LogP contribution in [0.4, 0.5) is 4.39 Å². The molecule has 0 saturated carbocycles. The van der Waals surface area contributed by atoms with Crippen LogP contribution in [0.25, 0.3) is 21.9 Å². The van der Waals surface area contributed by atoms with Crippen LogP contribution >= 0.6 is 0 Å². The fraction of sp³-hybridized carbons (Fsp3) is 0.182. The Morgan fingerprint density at radius 2 is 2.00 bits per heavy atom. The summed E-state index contributed by atoms with van der Waals surface area (Å²) in [5, 5.41) is 14.8. The molecule has 4 aromatic rings. The van der Waals surface area contributed by atoms with Gasteiger partial charge in [0.05, 0.1) is 29.9 Å². The fourth-order valence-corrected chi connectivity index (χ4v) is 3.24. The van der Waals surface area contributed by atoms with Gasteiger partial charge in [-0.1, -0.05) is 18.2 Å². The van der Waals surface area contributed by atoms with E-state index in [4.69, 9.17) is 0 Å². The van der Waals surface area contributed by atoms with Gasteiger partial charge in [0.2, 0.25) is 0 Å². The molecular formula is C22H20FN5O2. The summed E-state index contributed by atoms with van der Waals surface area (Å²) in [7, 11) is 0. The normalized spacial score (nSPS) is 11.2. The van der Waals surface area contributed by atoms with E-state index in [9.17, 15) is 14.0 Å². The maximum Gasteiger partial charge on any atom is 0.274 e. The van der Waals surface area contributed by atoms with Crippen molar-refractivity contribution in [2.75, 3.05) is 0 Å². The van der Waals surface area contributed by atoms with Crippen molar-refractivity contribution in [1.29, 1.82) is 0 Å². The lowest BCUT2D eigenvalue weighted by Crippen LogP contribution is -2.31. The fourth-order valence-electron chi connectivity index (χ4n) is 3.24. The number of hydrogen-bond donors (Lipinski definition) is 2. The van der Waals surface area contributed by atoms with E-state index in [-0.39, 0.29) is 23.7 Å². The number of aromatic amines is 1. The topological polar surface area (TPSA) is 92.7 Å². The van der Waals surface area contributed by atoms with E-state index in [1.807, 2.05) is 12.1 Å². The monoisotopic (exact) mass is 405 g/mol. The van der Waals surface area contributed by atoms with Crippen LogP contribution in [-0.4, -0.2) is 31.9 Å². The number of fused-ring (bicyclic) bond motifs is 1. The van der Waals surface area contributed by atoms with Gasteiger partial charge in [-0.15, -0.1) is 0 Å². The molecule has 2 heterocycles. The van der Waals surface area contributed by atoms with Gasteiger partial charge in [0.15, 0.2) is 0 Å². The Hall–Kier alpha value is -3.81. The summed E-state index contributed by atoms with van der Waals surface area (Å²) >= 11 is 0. The highest BCUT2D eigenvalue weighted by Gasteiger charge is 2.14. The number of H-pyrrole nitrogens is 1. The summed E-state index contributed by atoms with van der Waals surface area (Å²) in [4.78, 5) is 25.2. The van der Waals surface area contributed by atoms with Gasteiger partial charge in [-0.25, -0.2) is 9.07 Å². The van der Waals surface area contributed by atoms with Crippen LogP contribution in [0.2, 0.25) is 0 Å². The van der Waals surface area contributed by atoms with E-state index in [1.165, 1.54) is 16.8 Å². The summed E-state index contributed by atoms with van der Waals surface area (Å²) in [6.07, 6.45) is 5.05. The predicted octanol–water partition coefficient (Wildman–Crippen LogP) is 3.11. The van der Waals surface area contributed by atoms with Gasteiger partial charge in [-0.05, 0) is 43.2 Å². The molecule has 0 aliphatic rings. The van der Waals surface area contributed by atoms with Crippen LogP contribution in [-0.2, 0) is 6.54 Å². The molecule has 0 spiro atoms. The zero-order chi connectivity index (χ0) is 21.3. The minimum Gasteiger partial charge on any atom is -0.350 e. The summed E-state index contributed by atoms with van der Waals surface area (Å²) in [6, 6.07) is 9.64. The van der Waals surface area contributed by atoms with Crippen LogP contribution in [0.1, 0.15) is 29.8 Å². The van der Waals surface area contributed by atoms with Gasteiger partial charge in [0.1, 0.15) is 5.82 Å². The number of benzene rings is 2. The first-order valence-electron chi connectivity index (χ1n) is 9.50. The molecule has 2 aromatic heterocycles. The number of hydrogen-bond acceptors (Lipinski definition) is 4. The average Bonchev–Trinajstić information content (AvgIpc) is 3.25. The van der Waals surface area contributed by atoms with Gasteiger partial charge in [0.25, 0.3) is 11.5 Å². The Morgan fingerprint density at radius 3 is 2.73 bits per heavy atom. The number of halogens is 1. The third-order valence-electron chi connectivity index (χ3n) is 4.71. The van der Waals surface area contributed by atoms with E-state index in [0.29, 0.717) is 10.9 Å². The van der Waals surface area contributed by atoms with Crippen LogP contribution in [0.5, 0.6) is 0 Å². The third-order valence-corrected chi connectivity index (χ3v) is 4.71. The predicted molar refractivity (Wildman–Crippen MR) is 112 cm³/mol. The number of rotatable bonds is 5. The second-order valence-corrected chi connectivity index (χ2v) is 7.34. The Kier molecular flexibility index (Phi) is 5.14. The van der Waals surface area contributed by atoms with E-state index in [1.54, 1.807) is 44.6 Å². The standard InChI is InChI=1S/C22H20FN5O2/c1-13(2)27-21(29)19-7-14(3-6-20(19)23)12-28-22(30)18-8-15(17-9-24-25-10-17)4-5-16(18)11-26-28/h3-11,13H,12H2,1-2H3,(H,24,25)(H,27,29). The maximum absolute atomic E-state index is 14.1. The molecule has 0 unspecified atom stereocenters. The molecule has 0 saturated heterocycles. The number of amides is 1. The van der Waals surface area contributed by atoms with Gasteiger partial charge < -0.3 is 5.32 Å². The average molecular weight is 405 g/mol. The molecule has 8 heteroatoms. The van der Waals surface area contributed by atoms with Gasteiger partial charge in [-0.2, -0.15) is 10.2 Å². The van der Waals surface area contributed by atoms with Crippen molar-refractivity contribution in [2.45, 2.75) is 26.4 Å². The third kappa shape index (κ3) is 3.84. The molecule has 0 fully saturated rings. The molecule has 1 amide bonds. The molecule has 2 aromatic carbocycles. The smallest absolute Gasteiger partial charge is 0.274 e. The number of carbonyl (C=O) groups excluding carboxylic acids is 1. The van der Waals surface area contributed by atoms with Crippen molar-refractivity contribution in [3.05, 3.63) is 82.3 Å². The van der Waals surface area contributed by atoms with Crippen molar-refractivity contribution in [1.82, 2.24) is 25.3 Å². The Labute approximate surface area is 171 Å². The summed E-state index contributed by atoms with van der Waals surface area (Å²) < 4.78 is 15.4. The lowest BCUT2D eigenvalue weighted by atomic mass is 10.1. The molecule has 7 nitrogen and oxygen atoms in total. The lowest BCUT2D eigenvalue weighted by molar-refractivity contribution is 0.0939. The molecule has 0 atom stereocenters. The van der Waals surface area contributed by atoms with Crippen LogP contribution in [0.3, 0.4) is 0 Å². The number of nitrogens with one attached hydrogen (secondary N) is 2. The van der Waals surface area contributed by atoms with Crippen molar-refractivity contribution >= 4 is 16.7 Å². The first kappa shape index (κ1) is 19.5. The lowest BCUT2D eigenvalue weighted by Gasteiger charge is -2.11. The highest BCUT2D eigenvalue weighted by molar-refractivity contribution is 5.94. The minimum atomic E-state index is -0.611. The zero-order valence-electron chi connectivity index (χ0n) is 16.5. The van der Waals surface area contributed by atoms with Gasteiger partial charge in [0, 0.05) is 23.2 Å². The van der Waals surface area contributed by atoms with Crippen molar-refractivity contribution in [2.24, 2.45) is 0 Å². The van der Waals surface area contributed by atoms with Crippen LogP contribution < -0.4 is 10.9 Å². The molecule has 4 rings (SSSR count). The van der Waals surface area contributed by atoms with E-state index >= 15 is 0 Å². The molecule has 0 aliphatic carbocycles. The Bertz CT molecular complexity index is 1280. The molecule has 0 radical (unpaired) electrons. The molecule has 0 bridgehead atoms. The minimum absolute atomic E-state index is 0.0581. The molecule has 0 aliphatic heterocycles. The first-order chi connectivity index (χ1) is 14.4. The molecular weight excluding hydrogens is 385 g/mol. The highest BCUT2D eigenvalue weighted by atomic mass is 19.1. The quantitative estimate of drug-likeness (QED) is 0.534. The van der Waals surface area contributed by atoms with Gasteiger partial charge >= 0.3 is 0 Å². The van der Waals surface area contributed by atoms with Crippen molar-refractivity contribution in [3.8, 4) is 11.1 Å². The van der Waals surface area contributed by atoms with Crippen LogP contribution in [0.15, 0.2) is 59.8 Å². The van der Waals surface area contributed by atoms with Gasteiger partial charge in [-0.3, -0.25) is 14.7 Å². The van der Waals surface area contributed by atoms with Crippen molar-refractivity contribution < 1.29 is 9.18 Å². The van der Waals surface area contributed by atoms with E-state index < -0.39 is 11.7 Å². The molecule has 2 N–H and O–H groups in total. The number of aromatic nitrogens is 4. The number of carbonyl (C=O) groups is 1. The zero-order valence-corrected chi connectivity index (χ0v) is 16.5. The summed E-state index contributed by atoms with van der Waals surface area (Å²) in [5.74, 6) is -1.10. The second-order valence-electron chi connectivity index (χ2n) is 7.34. The Morgan fingerprint density at radius 1 is 1.17 bits per heavy atom. The highest BCUT2D eigenvalue weighted by Crippen LogP contribution is 2.21. The Balaban J connectivity index is 1.69. The van der Waals surface area contributed by atoms with Crippen LogP contribution in [0, 0.1) is 5.82 Å².